The number of piperidine rings is 1. The quantitative estimate of drug-likeness (QED) is 0.232. The van der Waals surface area contributed by atoms with Gasteiger partial charge in [-0.05, 0) is 73.0 Å². The number of nitrogens with one attached hydrogen (secondary N) is 1. The van der Waals surface area contributed by atoms with E-state index < -0.39 is 0 Å². The van der Waals surface area contributed by atoms with Crippen molar-refractivity contribution in [2.24, 2.45) is 0 Å². The first-order valence-corrected chi connectivity index (χ1v) is 15.0. The lowest BCUT2D eigenvalue weighted by Gasteiger charge is -2.33. The molecule has 41 heavy (non-hydrogen) atoms. The van der Waals surface area contributed by atoms with Crippen molar-refractivity contribution in [3.8, 4) is 17.2 Å². The summed E-state index contributed by atoms with van der Waals surface area (Å²) in [7, 11) is 1.75. The third-order valence-corrected chi connectivity index (χ3v) is 7.82. The maximum Gasteiger partial charge on any atom is 0.142 e. The Morgan fingerprint density at radius 2 is 1.80 bits per heavy atom. The van der Waals surface area contributed by atoms with Gasteiger partial charge in [0.1, 0.15) is 23.9 Å². The fraction of sp³-hybridized carbons (Fsp3) is 0.455. The molecule has 5 rings (SSSR count). The van der Waals surface area contributed by atoms with Crippen molar-refractivity contribution in [2.75, 3.05) is 64.6 Å². The van der Waals surface area contributed by atoms with Crippen LogP contribution in [0.5, 0.6) is 17.2 Å². The summed E-state index contributed by atoms with van der Waals surface area (Å²) in [5, 5.41) is 4.19. The zero-order chi connectivity index (χ0) is 28.3. The Morgan fingerprint density at radius 1 is 0.951 bits per heavy atom. The molecule has 2 atom stereocenters. The van der Waals surface area contributed by atoms with Gasteiger partial charge in [-0.25, -0.2) is 0 Å². The van der Waals surface area contributed by atoms with Crippen molar-refractivity contribution < 1.29 is 23.7 Å². The van der Waals surface area contributed by atoms with Gasteiger partial charge in [-0.3, -0.25) is 0 Å². The molecule has 1 fully saturated rings. The fourth-order valence-electron chi connectivity index (χ4n) is 5.44. The van der Waals surface area contributed by atoms with Crippen molar-refractivity contribution in [2.45, 2.75) is 37.9 Å². The van der Waals surface area contributed by atoms with Crippen LogP contribution in [0.15, 0.2) is 66.7 Å². The summed E-state index contributed by atoms with van der Waals surface area (Å²) in [6.07, 6.45) is 2.92. The third kappa shape index (κ3) is 8.52. The van der Waals surface area contributed by atoms with E-state index in [-0.39, 0.29) is 6.10 Å². The average Bonchev–Trinajstić information content (AvgIpc) is 3.01. The highest BCUT2D eigenvalue weighted by Crippen LogP contribution is 2.34. The molecule has 1 saturated heterocycles. The largest absolute Gasteiger partial charge is 0.493 e. The number of hydrogen-bond acceptors (Lipinski definition) is 7. The minimum absolute atomic E-state index is 0.101. The second-order valence-corrected chi connectivity index (χ2v) is 10.9. The first-order chi connectivity index (χ1) is 20.2. The fourth-order valence-corrected chi connectivity index (χ4v) is 5.62. The van der Waals surface area contributed by atoms with Gasteiger partial charge in [0.05, 0.1) is 38.2 Å². The average molecular weight is 581 g/mol. The molecular formula is C33H41ClN2O5. The molecule has 8 heteroatoms. The number of nitrogens with zero attached hydrogens (tertiary/aromatic N) is 1. The van der Waals surface area contributed by atoms with E-state index in [1.54, 1.807) is 7.11 Å². The second kappa shape index (κ2) is 15.3. The van der Waals surface area contributed by atoms with Gasteiger partial charge in [-0.2, -0.15) is 0 Å². The molecule has 3 aromatic carbocycles. The molecule has 0 amide bonds. The maximum atomic E-state index is 6.53. The van der Waals surface area contributed by atoms with Crippen molar-refractivity contribution in [3.63, 3.8) is 0 Å². The van der Waals surface area contributed by atoms with E-state index in [0.29, 0.717) is 37.4 Å². The summed E-state index contributed by atoms with van der Waals surface area (Å²) in [5.74, 6) is 2.93. The molecular weight excluding hydrogens is 540 g/mol. The van der Waals surface area contributed by atoms with E-state index in [2.05, 4.69) is 52.7 Å². The van der Waals surface area contributed by atoms with Crippen molar-refractivity contribution in [1.29, 1.82) is 0 Å². The predicted octanol–water partition coefficient (Wildman–Crippen LogP) is 6.09. The standard InChI is InChI=1S/C33H41ClN2O5/c1-37-17-3-15-36-16-20-40-32-12-7-25(21-31(32)36)24-41-33-23-35-14-13-30(33)26-8-10-28(11-9-26)38-18-4-19-39-29-6-2-5-27(34)22-29/h2,5-12,21-22,30,33,35H,3-4,13-20,23-24H2,1H3. The van der Waals surface area contributed by atoms with Gasteiger partial charge in [0, 0.05) is 44.2 Å². The summed E-state index contributed by atoms with van der Waals surface area (Å²) in [4.78, 5) is 2.39. The van der Waals surface area contributed by atoms with E-state index in [1.165, 1.54) is 11.1 Å². The molecule has 2 unspecified atom stereocenters. The van der Waals surface area contributed by atoms with Gasteiger partial charge in [-0.1, -0.05) is 35.9 Å². The van der Waals surface area contributed by atoms with Gasteiger partial charge < -0.3 is 33.9 Å². The summed E-state index contributed by atoms with van der Waals surface area (Å²) in [6, 6.07) is 22.4. The van der Waals surface area contributed by atoms with Gasteiger partial charge in [0.25, 0.3) is 0 Å². The van der Waals surface area contributed by atoms with Crippen LogP contribution in [0, 0.1) is 0 Å². The number of ether oxygens (including phenoxy) is 5. The molecule has 2 aliphatic heterocycles. The van der Waals surface area contributed by atoms with E-state index in [1.807, 2.05) is 24.3 Å². The molecule has 0 bridgehead atoms. The minimum atomic E-state index is 0.101. The van der Waals surface area contributed by atoms with Gasteiger partial charge in [0.15, 0.2) is 0 Å². The number of fused-ring (bicyclic) bond motifs is 1. The zero-order valence-corrected chi connectivity index (χ0v) is 24.6. The molecule has 0 aliphatic carbocycles. The highest BCUT2D eigenvalue weighted by Gasteiger charge is 2.27. The second-order valence-electron chi connectivity index (χ2n) is 10.5. The van der Waals surface area contributed by atoms with Crippen LogP contribution in [0.1, 0.15) is 36.3 Å². The zero-order valence-electron chi connectivity index (χ0n) is 23.9. The number of halogens is 1. The molecule has 0 spiro atoms. The number of hydrogen-bond donors (Lipinski definition) is 1. The number of anilines is 1. The van der Waals surface area contributed by atoms with Crippen molar-refractivity contribution in [1.82, 2.24) is 5.32 Å². The van der Waals surface area contributed by atoms with Crippen LogP contribution in [-0.4, -0.2) is 65.8 Å². The van der Waals surface area contributed by atoms with E-state index in [9.17, 15) is 0 Å². The Kier molecular flexibility index (Phi) is 11.0. The number of methoxy groups -OCH3 is 1. The van der Waals surface area contributed by atoms with Gasteiger partial charge in [-0.15, -0.1) is 0 Å². The third-order valence-electron chi connectivity index (χ3n) is 7.58. The smallest absolute Gasteiger partial charge is 0.142 e. The summed E-state index contributed by atoms with van der Waals surface area (Å²) >= 11 is 6.01. The van der Waals surface area contributed by atoms with Crippen molar-refractivity contribution in [3.05, 3.63) is 82.9 Å². The Morgan fingerprint density at radius 3 is 2.63 bits per heavy atom. The molecule has 0 aromatic heterocycles. The lowest BCUT2D eigenvalue weighted by Crippen LogP contribution is -2.41. The molecule has 3 aromatic rings. The Bertz CT molecular complexity index is 1220. The molecule has 1 N–H and O–H groups in total. The van der Waals surface area contributed by atoms with Crippen molar-refractivity contribution >= 4 is 17.3 Å². The van der Waals surface area contributed by atoms with Crippen LogP contribution in [0.2, 0.25) is 5.02 Å². The highest BCUT2D eigenvalue weighted by molar-refractivity contribution is 6.30. The predicted molar refractivity (Wildman–Crippen MR) is 163 cm³/mol. The van der Waals surface area contributed by atoms with E-state index in [0.717, 1.165) is 75.0 Å². The normalized spacial score (nSPS) is 18.4. The van der Waals surface area contributed by atoms with E-state index >= 15 is 0 Å². The summed E-state index contributed by atoms with van der Waals surface area (Å²) in [5.41, 5.74) is 3.60. The summed E-state index contributed by atoms with van der Waals surface area (Å²) < 4.78 is 29.4. The Balaban J connectivity index is 1.11. The minimum Gasteiger partial charge on any atom is -0.493 e. The first kappa shape index (κ1) is 29.5. The van der Waals surface area contributed by atoms with Crippen LogP contribution >= 0.6 is 11.6 Å². The van der Waals surface area contributed by atoms with Crippen LogP contribution in [-0.2, 0) is 16.1 Å². The van der Waals surface area contributed by atoms with Gasteiger partial charge >= 0.3 is 0 Å². The lowest BCUT2D eigenvalue weighted by molar-refractivity contribution is 0.0106. The lowest BCUT2D eigenvalue weighted by atomic mass is 9.87. The van der Waals surface area contributed by atoms with Gasteiger partial charge in [0.2, 0.25) is 0 Å². The topological polar surface area (TPSA) is 61.4 Å². The van der Waals surface area contributed by atoms with Crippen LogP contribution < -0.4 is 24.4 Å². The molecule has 0 radical (unpaired) electrons. The maximum absolute atomic E-state index is 6.53. The monoisotopic (exact) mass is 580 g/mol. The number of rotatable bonds is 14. The first-order valence-electron chi connectivity index (χ1n) is 14.6. The van der Waals surface area contributed by atoms with Crippen LogP contribution in [0.4, 0.5) is 5.69 Å². The molecule has 2 aliphatic rings. The van der Waals surface area contributed by atoms with E-state index in [4.69, 9.17) is 35.3 Å². The van der Waals surface area contributed by atoms with Crippen LogP contribution in [0.3, 0.4) is 0 Å². The summed E-state index contributed by atoms with van der Waals surface area (Å²) in [6.45, 7) is 6.90. The highest BCUT2D eigenvalue weighted by atomic mass is 35.5. The molecule has 2 heterocycles. The SMILES string of the molecule is COCCCN1CCOc2ccc(COC3CNCCC3c3ccc(OCCCOc4cccc(Cl)c4)cc3)cc21. The Hall–Kier alpha value is -2.97. The van der Waals surface area contributed by atoms with Crippen LogP contribution in [0.25, 0.3) is 0 Å². The Labute approximate surface area is 248 Å². The molecule has 7 nitrogen and oxygen atoms in total. The molecule has 220 valence electrons. The molecule has 0 saturated carbocycles. The number of benzene rings is 3.